The number of ether oxygens (including phenoxy) is 1. The minimum Gasteiger partial charge on any atom is -0.465 e. The molecule has 2 aliphatic rings. The summed E-state index contributed by atoms with van der Waals surface area (Å²) in [5, 5.41) is 5.45. The highest BCUT2D eigenvalue weighted by atomic mass is 16.5. The van der Waals surface area contributed by atoms with Gasteiger partial charge in [-0.15, -0.1) is 0 Å². The van der Waals surface area contributed by atoms with Gasteiger partial charge in [-0.25, -0.2) is 9.59 Å². The van der Waals surface area contributed by atoms with Crippen LogP contribution in [-0.2, 0) is 14.3 Å². The van der Waals surface area contributed by atoms with E-state index in [9.17, 15) is 19.2 Å². The Bertz CT molecular complexity index is 776. The number of carbonyl (C=O) groups is 4. The van der Waals surface area contributed by atoms with E-state index in [1.54, 1.807) is 12.1 Å². The lowest BCUT2D eigenvalue weighted by molar-refractivity contribution is -0.136. The van der Waals surface area contributed by atoms with E-state index < -0.39 is 23.4 Å². The average molecular weight is 373 g/mol. The maximum absolute atomic E-state index is 12.9. The molecular formula is C19H23N3O5. The molecule has 2 N–H and O–H groups in total. The van der Waals surface area contributed by atoms with Gasteiger partial charge in [0.2, 0.25) is 5.91 Å². The summed E-state index contributed by atoms with van der Waals surface area (Å²) in [6.07, 6.45) is 3.39. The molecule has 2 atom stereocenters. The SMILES string of the molecule is COC(=O)c1ccc(NC(=O)CN2C(=O)NC3(CCCCC3C)C2=O)cc1. The van der Waals surface area contributed by atoms with Crippen LogP contribution in [0.1, 0.15) is 43.0 Å². The maximum Gasteiger partial charge on any atom is 0.337 e. The van der Waals surface area contributed by atoms with Crippen molar-refractivity contribution in [3.05, 3.63) is 29.8 Å². The van der Waals surface area contributed by atoms with Crippen LogP contribution in [0.4, 0.5) is 10.5 Å². The fraction of sp³-hybridized carbons (Fsp3) is 0.474. The molecule has 0 radical (unpaired) electrons. The second kappa shape index (κ2) is 7.38. The summed E-state index contributed by atoms with van der Waals surface area (Å²) >= 11 is 0. The summed E-state index contributed by atoms with van der Waals surface area (Å²) in [5.74, 6) is -1.23. The van der Waals surface area contributed by atoms with Crippen LogP contribution in [0, 0.1) is 5.92 Å². The van der Waals surface area contributed by atoms with Gasteiger partial charge in [0.05, 0.1) is 12.7 Å². The third-order valence-corrected chi connectivity index (χ3v) is 5.39. The first-order valence-electron chi connectivity index (χ1n) is 9.00. The Morgan fingerprint density at radius 3 is 2.59 bits per heavy atom. The highest BCUT2D eigenvalue weighted by molar-refractivity contribution is 6.10. The molecule has 27 heavy (non-hydrogen) atoms. The Morgan fingerprint density at radius 1 is 1.26 bits per heavy atom. The number of nitrogens with zero attached hydrogens (tertiary/aromatic N) is 1. The number of methoxy groups -OCH3 is 1. The lowest BCUT2D eigenvalue weighted by atomic mass is 9.73. The lowest BCUT2D eigenvalue weighted by Crippen LogP contribution is -2.54. The highest BCUT2D eigenvalue weighted by Crippen LogP contribution is 2.38. The fourth-order valence-corrected chi connectivity index (χ4v) is 3.79. The number of anilines is 1. The first-order valence-corrected chi connectivity index (χ1v) is 9.00. The fourth-order valence-electron chi connectivity index (χ4n) is 3.79. The van der Waals surface area contributed by atoms with Crippen molar-refractivity contribution in [3.8, 4) is 0 Å². The quantitative estimate of drug-likeness (QED) is 0.620. The van der Waals surface area contributed by atoms with E-state index in [1.807, 2.05) is 6.92 Å². The molecule has 2 unspecified atom stereocenters. The molecule has 1 aliphatic carbocycles. The summed E-state index contributed by atoms with van der Waals surface area (Å²) in [6.45, 7) is 1.61. The van der Waals surface area contributed by atoms with E-state index in [2.05, 4.69) is 15.4 Å². The van der Waals surface area contributed by atoms with Crippen LogP contribution < -0.4 is 10.6 Å². The Hall–Kier alpha value is -2.90. The zero-order chi connectivity index (χ0) is 19.6. The molecule has 3 rings (SSSR count). The number of hydrogen-bond donors (Lipinski definition) is 2. The summed E-state index contributed by atoms with van der Waals surface area (Å²) < 4.78 is 4.62. The van der Waals surface area contributed by atoms with Gasteiger partial charge in [-0.3, -0.25) is 14.5 Å². The molecule has 4 amide bonds. The van der Waals surface area contributed by atoms with Gasteiger partial charge in [-0.05, 0) is 43.0 Å². The molecule has 8 nitrogen and oxygen atoms in total. The number of benzene rings is 1. The minimum atomic E-state index is -0.877. The van der Waals surface area contributed by atoms with Crippen molar-refractivity contribution in [3.63, 3.8) is 0 Å². The van der Waals surface area contributed by atoms with Gasteiger partial charge in [-0.1, -0.05) is 19.8 Å². The summed E-state index contributed by atoms with van der Waals surface area (Å²) in [6, 6.07) is 5.63. The molecule has 2 fully saturated rings. The smallest absolute Gasteiger partial charge is 0.337 e. The van der Waals surface area contributed by atoms with Crippen molar-refractivity contribution in [2.24, 2.45) is 5.92 Å². The van der Waals surface area contributed by atoms with E-state index >= 15 is 0 Å². The predicted octanol–water partition coefficient (Wildman–Crippen LogP) is 1.91. The first kappa shape index (κ1) is 18.9. The standard InChI is InChI=1S/C19H23N3O5/c1-12-5-3-4-10-19(12)17(25)22(18(26)21-19)11-15(23)20-14-8-6-13(7-9-14)16(24)27-2/h6-9,12H,3-5,10-11H2,1-2H3,(H,20,23)(H,21,26). The molecule has 1 aromatic carbocycles. The maximum atomic E-state index is 12.9. The van der Waals surface area contributed by atoms with Gasteiger partial charge in [0, 0.05) is 5.69 Å². The topological polar surface area (TPSA) is 105 Å². The predicted molar refractivity (Wildman–Crippen MR) is 97.0 cm³/mol. The average Bonchev–Trinajstić information content (AvgIpc) is 2.89. The van der Waals surface area contributed by atoms with Crippen molar-refractivity contribution in [1.82, 2.24) is 10.2 Å². The number of nitrogens with one attached hydrogen (secondary N) is 2. The molecule has 1 aliphatic heterocycles. The van der Waals surface area contributed by atoms with Crippen molar-refractivity contribution in [2.45, 2.75) is 38.1 Å². The number of esters is 1. The van der Waals surface area contributed by atoms with Crippen molar-refractivity contribution in [2.75, 3.05) is 19.0 Å². The van der Waals surface area contributed by atoms with Gasteiger partial charge in [0.15, 0.2) is 0 Å². The zero-order valence-electron chi connectivity index (χ0n) is 15.4. The normalized spacial score (nSPS) is 24.7. The van der Waals surface area contributed by atoms with E-state index in [0.29, 0.717) is 17.7 Å². The van der Waals surface area contributed by atoms with Gasteiger partial charge >= 0.3 is 12.0 Å². The number of hydrogen-bond acceptors (Lipinski definition) is 5. The van der Waals surface area contributed by atoms with E-state index in [4.69, 9.17) is 0 Å². The van der Waals surface area contributed by atoms with Crippen molar-refractivity contribution < 1.29 is 23.9 Å². The molecular weight excluding hydrogens is 350 g/mol. The summed E-state index contributed by atoms with van der Waals surface area (Å²) in [7, 11) is 1.29. The van der Waals surface area contributed by atoms with Gasteiger partial charge in [0.1, 0.15) is 12.1 Å². The molecule has 1 saturated heterocycles. The van der Waals surface area contributed by atoms with Crippen LogP contribution in [0.25, 0.3) is 0 Å². The Balaban J connectivity index is 1.64. The Morgan fingerprint density at radius 2 is 1.96 bits per heavy atom. The second-order valence-electron chi connectivity index (χ2n) is 7.06. The van der Waals surface area contributed by atoms with Crippen LogP contribution in [0.5, 0.6) is 0 Å². The van der Waals surface area contributed by atoms with Gasteiger partial charge in [-0.2, -0.15) is 0 Å². The largest absolute Gasteiger partial charge is 0.465 e. The molecule has 1 saturated carbocycles. The first-order chi connectivity index (χ1) is 12.9. The van der Waals surface area contributed by atoms with Crippen LogP contribution in [0.3, 0.4) is 0 Å². The van der Waals surface area contributed by atoms with E-state index in [-0.39, 0.29) is 18.4 Å². The van der Waals surface area contributed by atoms with E-state index in [0.717, 1.165) is 24.2 Å². The summed E-state index contributed by atoms with van der Waals surface area (Å²) in [5.41, 5.74) is -0.0594. The molecule has 0 aromatic heterocycles. The van der Waals surface area contributed by atoms with Crippen LogP contribution in [0.15, 0.2) is 24.3 Å². The van der Waals surface area contributed by atoms with Gasteiger partial charge < -0.3 is 15.4 Å². The number of amides is 4. The zero-order valence-corrected chi connectivity index (χ0v) is 15.4. The van der Waals surface area contributed by atoms with Crippen LogP contribution in [-0.4, -0.2) is 47.9 Å². The molecule has 1 heterocycles. The molecule has 8 heteroatoms. The molecule has 1 spiro atoms. The Kier molecular flexibility index (Phi) is 5.16. The molecule has 144 valence electrons. The molecule has 1 aromatic rings. The number of urea groups is 1. The minimum absolute atomic E-state index is 0.0432. The summed E-state index contributed by atoms with van der Waals surface area (Å²) in [4.78, 5) is 49.9. The van der Waals surface area contributed by atoms with Crippen molar-refractivity contribution >= 4 is 29.5 Å². The van der Waals surface area contributed by atoms with Crippen LogP contribution >= 0.6 is 0 Å². The number of carbonyl (C=O) groups excluding carboxylic acids is 4. The third-order valence-electron chi connectivity index (χ3n) is 5.39. The number of rotatable bonds is 4. The lowest BCUT2D eigenvalue weighted by Gasteiger charge is -2.36. The van der Waals surface area contributed by atoms with Crippen LogP contribution in [0.2, 0.25) is 0 Å². The number of imide groups is 1. The van der Waals surface area contributed by atoms with Gasteiger partial charge in [0.25, 0.3) is 5.91 Å². The monoisotopic (exact) mass is 373 g/mol. The van der Waals surface area contributed by atoms with E-state index in [1.165, 1.54) is 19.2 Å². The second-order valence-corrected chi connectivity index (χ2v) is 7.06. The Labute approximate surface area is 157 Å². The van der Waals surface area contributed by atoms with Crippen molar-refractivity contribution in [1.29, 1.82) is 0 Å². The third kappa shape index (κ3) is 3.51. The highest BCUT2D eigenvalue weighted by Gasteiger charge is 2.55. The molecule has 0 bridgehead atoms.